The van der Waals surface area contributed by atoms with E-state index in [0.29, 0.717) is 28.7 Å². The summed E-state index contributed by atoms with van der Waals surface area (Å²) in [6, 6.07) is 6.89. The van der Waals surface area contributed by atoms with Crippen molar-refractivity contribution in [2.75, 3.05) is 6.54 Å². The molecule has 9 heteroatoms. The van der Waals surface area contributed by atoms with Crippen LogP contribution in [-0.2, 0) is 16.6 Å². The molecule has 0 atom stereocenters. The fourth-order valence-corrected chi connectivity index (χ4v) is 4.63. The zero-order chi connectivity index (χ0) is 19.7. The number of sulfonamides is 1. The van der Waals surface area contributed by atoms with Gasteiger partial charge >= 0.3 is 0 Å². The summed E-state index contributed by atoms with van der Waals surface area (Å²) in [5, 5.41) is 5.05. The van der Waals surface area contributed by atoms with Gasteiger partial charge in [0.1, 0.15) is 11.4 Å². The molecule has 0 aliphatic heterocycles. The molecule has 2 heterocycles. The SMILES string of the molecule is Cc1c(Cl)cccc1S(=O)(=O)NCCn1nc(-c2cnccn2)cc1C1CC1. The number of nitrogens with zero attached hydrogens (tertiary/aromatic N) is 4. The number of hydrogen-bond donors (Lipinski definition) is 1. The van der Waals surface area contributed by atoms with Gasteiger partial charge in [-0.1, -0.05) is 17.7 Å². The summed E-state index contributed by atoms with van der Waals surface area (Å²) in [4.78, 5) is 8.58. The first-order valence-electron chi connectivity index (χ1n) is 9.04. The molecule has 1 N–H and O–H groups in total. The Morgan fingerprint density at radius 3 is 2.79 bits per heavy atom. The van der Waals surface area contributed by atoms with Crippen LogP contribution < -0.4 is 4.72 Å². The summed E-state index contributed by atoms with van der Waals surface area (Å²) >= 11 is 6.06. The Bertz CT molecular complexity index is 1090. The van der Waals surface area contributed by atoms with E-state index >= 15 is 0 Å². The van der Waals surface area contributed by atoms with Crippen LogP contribution in [0.15, 0.2) is 47.8 Å². The molecule has 3 aromatic rings. The molecular weight excluding hydrogens is 398 g/mol. The molecule has 28 heavy (non-hydrogen) atoms. The van der Waals surface area contributed by atoms with E-state index in [1.54, 1.807) is 43.7 Å². The molecule has 0 saturated heterocycles. The third-order valence-electron chi connectivity index (χ3n) is 4.76. The normalized spacial score (nSPS) is 14.4. The molecule has 0 radical (unpaired) electrons. The maximum Gasteiger partial charge on any atom is 0.240 e. The van der Waals surface area contributed by atoms with Gasteiger partial charge in [-0.15, -0.1) is 0 Å². The van der Waals surface area contributed by atoms with Crippen LogP contribution in [0.2, 0.25) is 5.02 Å². The highest BCUT2D eigenvalue weighted by molar-refractivity contribution is 7.89. The van der Waals surface area contributed by atoms with E-state index in [0.717, 1.165) is 24.2 Å². The Hall–Kier alpha value is -2.29. The number of aromatic nitrogens is 4. The van der Waals surface area contributed by atoms with Gasteiger partial charge in [0.25, 0.3) is 0 Å². The number of benzene rings is 1. The van der Waals surface area contributed by atoms with E-state index in [-0.39, 0.29) is 11.4 Å². The number of rotatable bonds is 7. The van der Waals surface area contributed by atoms with Crippen LogP contribution in [0.3, 0.4) is 0 Å². The largest absolute Gasteiger partial charge is 0.267 e. The molecule has 0 bridgehead atoms. The van der Waals surface area contributed by atoms with Crippen molar-refractivity contribution in [3.05, 3.63) is 59.1 Å². The number of nitrogens with one attached hydrogen (secondary N) is 1. The molecule has 0 amide bonds. The van der Waals surface area contributed by atoms with Gasteiger partial charge in [0, 0.05) is 35.6 Å². The molecule has 7 nitrogen and oxygen atoms in total. The highest BCUT2D eigenvalue weighted by atomic mass is 35.5. The Morgan fingerprint density at radius 1 is 1.25 bits per heavy atom. The second kappa shape index (κ2) is 7.62. The zero-order valence-corrected chi connectivity index (χ0v) is 16.9. The summed E-state index contributed by atoms with van der Waals surface area (Å²) in [5.74, 6) is 0.477. The Labute approximate surface area is 168 Å². The quantitative estimate of drug-likeness (QED) is 0.637. The molecule has 1 saturated carbocycles. The smallest absolute Gasteiger partial charge is 0.240 e. The summed E-state index contributed by atoms with van der Waals surface area (Å²) in [6.07, 6.45) is 7.17. The summed E-state index contributed by atoms with van der Waals surface area (Å²) < 4.78 is 29.8. The van der Waals surface area contributed by atoms with Gasteiger partial charge in [0.15, 0.2) is 0 Å². The van der Waals surface area contributed by atoms with Crippen LogP contribution in [0.5, 0.6) is 0 Å². The predicted octanol–water partition coefficient (Wildman–Crippen LogP) is 3.16. The Morgan fingerprint density at radius 2 is 2.07 bits per heavy atom. The summed E-state index contributed by atoms with van der Waals surface area (Å²) in [7, 11) is -3.64. The van der Waals surface area contributed by atoms with E-state index in [1.165, 1.54) is 0 Å². The fraction of sp³-hybridized carbons (Fsp3) is 0.316. The lowest BCUT2D eigenvalue weighted by Gasteiger charge is -2.11. The Balaban J connectivity index is 1.50. The number of halogens is 1. The van der Waals surface area contributed by atoms with Gasteiger partial charge in [-0.3, -0.25) is 14.6 Å². The Kier molecular flexibility index (Phi) is 5.18. The average molecular weight is 418 g/mol. The fourth-order valence-electron chi connectivity index (χ4n) is 3.12. The molecule has 1 aliphatic carbocycles. The van der Waals surface area contributed by atoms with Crippen molar-refractivity contribution in [3.63, 3.8) is 0 Å². The molecule has 0 spiro atoms. The van der Waals surface area contributed by atoms with Crippen LogP contribution >= 0.6 is 11.6 Å². The van der Waals surface area contributed by atoms with Crippen molar-refractivity contribution in [2.24, 2.45) is 0 Å². The molecule has 0 unspecified atom stereocenters. The van der Waals surface area contributed by atoms with E-state index in [2.05, 4.69) is 19.8 Å². The van der Waals surface area contributed by atoms with Crippen molar-refractivity contribution in [1.29, 1.82) is 0 Å². The van der Waals surface area contributed by atoms with Gasteiger partial charge in [-0.05, 0) is 43.5 Å². The lowest BCUT2D eigenvalue weighted by Crippen LogP contribution is -2.28. The van der Waals surface area contributed by atoms with Crippen molar-refractivity contribution < 1.29 is 8.42 Å². The van der Waals surface area contributed by atoms with Crippen LogP contribution in [0.4, 0.5) is 0 Å². The molecule has 1 fully saturated rings. The number of hydrogen-bond acceptors (Lipinski definition) is 5. The second-order valence-corrected chi connectivity index (χ2v) is 8.95. The minimum Gasteiger partial charge on any atom is -0.267 e. The van der Waals surface area contributed by atoms with Crippen LogP contribution in [0.1, 0.15) is 30.0 Å². The molecule has 4 rings (SSSR count). The lowest BCUT2D eigenvalue weighted by atomic mass is 10.2. The first kappa shape index (κ1) is 19.0. The maximum atomic E-state index is 12.6. The summed E-state index contributed by atoms with van der Waals surface area (Å²) in [5.41, 5.74) is 3.11. The van der Waals surface area contributed by atoms with Gasteiger partial charge in [-0.25, -0.2) is 13.1 Å². The van der Waals surface area contributed by atoms with E-state index in [1.807, 2.05) is 10.7 Å². The van der Waals surface area contributed by atoms with Gasteiger partial charge in [-0.2, -0.15) is 5.10 Å². The third-order valence-corrected chi connectivity index (χ3v) is 6.77. The van der Waals surface area contributed by atoms with Crippen molar-refractivity contribution >= 4 is 21.6 Å². The lowest BCUT2D eigenvalue weighted by molar-refractivity contribution is 0.551. The molecular formula is C19H20ClN5O2S. The standard InChI is InChI=1S/C19H20ClN5O2S/c1-13-15(20)3-2-4-19(13)28(26,27)23-9-10-25-18(14-5-6-14)11-16(24-25)17-12-21-7-8-22-17/h2-4,7-8,11-12,14,23H,5-6,9-10H2,1H3. The minimum absolute atomic E-state index is 0.197. The average Bonchev–Trinajstić information content (AvgIpc) is 3.44. The van der Waals surface area contributed by atoms with Gasteiger partial charge in [0.2, 0.25) is 10.0 Å². The van der Waals surface area contributed by atoms with Crippen molar-refractivity contribution in [3.8, 4) is 11.4 Å². The van der Waals surface area contributed by atoms with Gasteiger partial charge in [0.05, 0.1) is 17.6 Å². The maximum absolute atomic E-state index is 12.6. The predicted molar refractivity (Wildman–Crippen MR) is 107 cm³/mol. The third kappa shape index (κ3) is 3.94. The van der Waals surface area contributed by atoms with Gasteiger partial charge < -0.3 is 0 Å². The van der Waals surface area contributed by atoms with E-state index < -0.39 is 10.0 Å². The first-order chi connectivity index (χ1) is 13.5. The topological polar surface area (TPSA) is 89.8 Å². The minimum atomic E-state index is -3.64. The highest BCUT2D eigenvalue weighted by Crippen LogP contribution is 2.41. The van der Waals surface area contributed by atoms with E-state index in [9.17, 15) is 8.42 Å². The molecule has 2 aromatic heterocycles. The van der Waals surface area contributed by atoms with Crippen molar-refractivity contribution in [1.82, 2.24) is 24.5 Å². The highest BCUT2D eigenvalue weighted by Gasteiger charge is 2.28. The van der Waals surface area contributed by atoms with Crippen LogP contribution in [0.25, 0.3) is 11.4 Å². The second-order valence-electron chi connectivity index (χ2n) is 6.80. The van der Waals surface area contributed by atoms with Crippen LogP contribution in [0, 0.1) is 6.92 Å². The molecule has 146 valence electrons. The summed E-state index contributed by atoms with van der Waals surface area (Å²) in [6.45, 7) is 2.36. The zero-order valence-electron chi connectivity index (χ0n) is 15.3. The van der Waals surface area contributed by atoms with Crippen molar-refractivity contribution in [2.45, 2.75) is 37.1 Å². The molecule has 1 aliphatic rings. The monoisotopic (exact) mass is 417 g/mol. The van der Waals surface area contributed by atoms with E-state index in [4.69, 9.17) is 11.6 Å². The van der Waals surface area contributed by atoms with Crippen LogP contribution in [-0.4, -0.2) is 34.7 Å². The molecule has 1 aromatic carbocycles. The first-order valence-corrected chi connectivity index (χ1v) is 10.9.